The Morgan fingerprint density at radius 3 is 2.63 bits per heavy atom. The van der Waals surface area contributed by atoms with Gasteiger partial charge in [0.15, 0.2) is 10.7 Å². The first kappa shape index (κ1) is 25.2. The molecule has 3 aromatic rings. The van der Waals surface area contributed by atoms with E-state index in [4.69, 9.17) is 16.1 Å². The van der Waals surface area contributed by atoms with Crippen molar-refractivity contribution in [1.82, 2.24) is 9.46 Å². The minimum atomic E-state index is -3.92. The molecule has 2 aromatic carbocycles. The highest BCUT2D eigenvalue weighted by molar-refractivity contribution is 7.89. The van der Waals surface area contributed by atoms with Crippen molar-refractivity contribution in [2.24, 2.45) is 5.92 Å². The van der Waals surface area contributed by atoms with Crippen LogP contribution in [0.15, 0.2) is 51.9 Å². The van der Waals surface area contributed by atoms with Crippen molar-refractivity contribution in [2.45, 2.75) is 38.5 Å². The second-order valence-electron chi connectivity index (χ2n) is 8.85. The predicted molar refractivity (Wildman–Crippen MR) is 138 cm³/mol. The van der Waals surface area contributed by atoms with Crippen LogP contribution in [0.5, 0.6) is 0 Å². The van der Waals surface area contributed by atoms with Gasteiger partial charge >= 0.3 is 0 Å². The van der Waals surface area contributed by atoms with Gasteiger partial charge in [-0.3, -0.25) is 4.79 Å². The average Bonchev–Trinajstić information content (AvgIpc) is 3.22. The third kappa shape index (κ3) is 5.66. The summed E-state index contributed by atoms with van der Waals surface area (Å²) < 4.78 is 34.0. The summed E-state index contributed by atoms with van der Waals surface area (Å²) in [5, 5.41) is 7.35. The van der Waals surface area contributed by atoms with Crippen LogP contribution >= 0.6 is 11.6 Å². The molecule has 0 radical (unpaired) electrons. The lowest BCUT2D eigenvalue weighted by atomic mass is 9.99. The molecule has 1 amide bonds. The Morgan fingerprint density at radius 2 is 1.89 bits per heavy atom. The Kier molecular flexibility index (Phi) is 7.44. The highest BCUT2D eigenvalue weighted by atomic mass is 35.5. The summed E-state index contributed by atoms with van der Waals surface area (Å²) in [6, 6.07) is 12.9. The van der Waals surface area contributed by atoms with Crippen LogP contribution in [-0.4, -0.2) is 36.9 Å². The van der Waals surface area contributed by atoms with E-state index in [-0.39, 0.29) is 23.1 Å². The van der Waals surface area contributed by atoms with Gasteiger partial charge in [-0.15, -0.1) is 0 Å². The number of piperidine rings is 1. The normalized spacial score (nSPS) is 17.1. The minimum absolute atomic E-state index is 0.0396. The van der Waals surface area contributed by atoms with E-state index >= 15 is 0 Å². The van der Waals surface area contributed by atoms with Crippen LogP contribution in [0.2, 0.25) is 5.02 Å². The Balaban J connectivity index is 1.55. The van der Waals surface area contributed by atoms with Gasteiger partial charge in [0.1, 0.15) is 5.69 Å². The zero-order chi connectivity index (χ0) is 25.2. The van der Waals surface area contributed by atoms with Crippen LogP contribution in [-0.2, 0) is 14.8 Å². The maximum Gasteiger partial charge on any atom is 0.248 e. The number of carbonyl (C=O) groups is 1. The zero-order valence-corrected chi connectivity index (χ0v) is 21.5. The van der Waals surface area contributed by atoms with Gasteiger partial charge in [0.25, 0.3) is 0 Å². The molecule has 1 aliphatic rings. The topological polar surface area (TPSA) is 92.5 Å². The molecule has 9 heteroatoms. The van der Waals surface area contributed by atoms with E-state index in [2.05, 4.69) is 10.5 Å². The summed E-state index contributed by atoms with van der Waals surface area (Å²) in [4.78, 5) is 12.9. The number of aryl methyl sites for hydroxylation is 3. The van der Waals surface area contributed by atoms with Crippen LogP contribution in [0.3, 0.4) is 0 Å². The molecule has 35 heavy (non-hydrogen) atoms. The van der Waals surface area contributed by atoms with Crippen LogP contribution in [0.1, 0.15) is 41.0 Å². The molecule has 0 aliphatic carbocycles. The van der Waals surface area contributed by atoms with E-state index in [0.29, 0.717) is 35.8 Å². The first-order valence-electron chi connectivity index (χ1n) is 11.4. The zero-order valence-electron chi connectivity index (χ0n) is 19.9. The highest BCUT2D eigenvalue weighted by Gasteiger charge is 2.37. The van der Waals surface area contributed by atoms with Crippen molar-refractivity contribution >= 4 is 45.4 Å². The minimum Gasteiger partial charge on any atom is -0.355 e. The highest BCUT2D eigenvalue weighted by Crippen LogP contribution is 2.30. The lowest BCUT2D eigenvalue weighted by Crippen LogP contribution is -2.43. The number of anilines is 1. The molecule has 0 spiro atoms. The van der Waals surface area contributed by atoms with Gasteiger partial charge in [-0.1, -0.05) is 46.6 Å². The standard InChI is InChI=1S/C26H28ClN3O4S/c1-17-6-7-18(2)20(15-17)8-13-24-25(19(3)29-34-24)35(32,33)30-14-4-5-21(16-30)26(31)28-23-11-9-22(27)10-12-23/h6-13,15,21H,4-5,14,16H2,1-3H3,(H,28,31). The van der Waals surface area contributed by atoms with Gasteiger partial charge in [-0.2, -0.15) is 4.31 Å². The number of nitrogens with zero attached hydrogens (tertiary/aromatic N) is 2. The molecular weight excluding hydrogens is 486 g/mol. The monoisotopic (exact) mass is 513 g/mol. The summed E-state index contributed by atoms with van der Waals surface area (Å²) in [6.45, 7) is 6.02. The Bertz CT molecular complexity index is 1360. The molecule has 1 aliphatic heterocycles. The Labute approximate surface area is 210 Å². The van der Waals surface area contributed by atoms with Crippen molar-refractivity contribution in [3.8, 4) is 0 Å². The number of aromatic nitrogens is 1. The number of hydrogen-bond donors (Lipinski definition) is 1. The molecule has 0 bridgehead atoms. The number of nitrogens with one attached hydrogen (secondary N) is 1. The lowest BCUT2D eigenvalue weighted by Gasteiger charge is -2.31. The second kappa shape index (κ2) is 10.4. The van der Waals surface area contributed by atoms with Crippen LogP contribution in [0.4, 0.5) is 5.69 Å². The lowest BCUT2D eigenvalue weighted by molar-refractivity contribution is -0.120. The maximum atomic E-state index is 13.6. The van der Waals surface area contributed by atoms with Gasteiger partial charge in [0.05, 0.1) is 5.92 Å². The van der Waals surface area contributed by atoms with E-state index in [1.54, 1.807) is 37.3 Å². The number of halogens is 1. The molecule has 0 saturated carbocycles. The molecule has 184 valence electrons. The van der Waals surface area contributed by atoms with E-state index in [0.717, 1.165) is 16.7 Å². The average molecular weight is 514 g/mol. The summed E-state index contributed by atoms with van der Waals surface area (Å²) in [5.41, 5.74) is 4.05. The van der Waals surface area contributed by atoms with Gasteiger partial charge in [0.2, 0.25) is 15.9 Å². The largest absolute Gasteiger partial charge is 0.355 e. The van der Waals surface area contributed by atoms with Gasteiger partial charge in [-0.25, -0.2) is 8.42 Å². The molecule has 1 unspecified atom stereocenters. The smallest absolute Gasteiger partial charge is 0.248 e. The van der Waals surface area contributed by atoms with Crippen LogP contribution < -0.4 is 5.32 Å². The van der Waals surface area contributed by atoms with Crippen molar-refractivity contribution in [2.75, 3.05) is 18.4 Å². The third-order valence-electron chi connectivity index (χ3n) is 6.15. The maximum absolute atomic E-state index is 13.6. The molecule has 1 aromatic heterocycles. The van der Waals surface area contributed by atoms with E-state index < -0.39 is 15.9 Å². The second-order valence-corrected chi connectivity index (χ2v) is 11.2. The van der Waals surface area contributed by atoms with E-state index in [1.165, 1.54) is 4.31 Å². The van der Waals surface area contributed by atoms with Crippen LogP contribution in [0.25, 0.3) is 12.2 Å². The number of rotatable bonds is 6. The molecular formula is C26H28ClN3O4S. The molecule has 2 heterocycles. The fourth-order valence-electron chi connectivity index (χ4n) is 4.19. The van der Waals surface area contributed by atoms with Crippen molar-refractivity contribution in [1.29, 1.82) is 0 Å². The summed E-state index contributed by atoms with van der Waals surface area (Å²) in [5.74, 6) is -0.510. The number of hydrogen-bond acceptors (Lipinski definition) is 5. The fourth-order valence-corrected chi connectivity index (χ4v) is 6.09. The molecule has 1 N–H and O–H groups in total. The molecule has 4 rings (SSSR count). The summed E-state index contributed by atoms with van der Waals surface area (Å²) >= 11 is 5.91. The fraction of sp³-hybridized carbons (Fsp3) is 0.308. The number of amides is 1. The predicted octanol–water partition coefficient (Wildman–Crippen LogP) is 5.46. The molecule has 1 fully saturated rings. The quantitative estimate of drug-likeness (QED) is 0.472. The first-order chi connectivity index (χ1) is 16.6. The number of sulfonamides is 1. The van der Waals surface area contributed by atoms with E-state index in [9.17, 15) is 13.2 Å². The number of benzene rings is 2. The van der Waals surface area contributed by atoms with E-state index in [1.807, 2.05) is 38.1 Å². The van der Waals surface area contributed by atoms with Crippen molar-refractivity contribution in [3.05, 3.63) is 75.6 Å². The Hall–Kier alpha value is -2.94. The first-order valence-corrected chi connectivity index (χ1v) is 13.2. The van der Waals surface area contributed by atoms with Crippen molar-refractivity contribution < 1.29 is 17.7 Å². The Morgan fingerprint density at radius 1 is 1.14 bits per heavy atom. The van der Waals surface area contributed by atoms with Gasteiger partial charge < -0.3 is 9.84 Å². The van der Waals surface area contributed by atoms with Gasteiger partial charge in [-0.05, 0) is 75.1 Å². The molecule has 7 nitrogen and oxygen atoms in total. The third-order valence-corrected chi connectivity index (χ3v) is 8.42. The van der Waals surface area contributed by atoms with Crippen LogP contribution in [0, 0.1) is 26.7 Å². The van der Waals surface area contributed by atoms with Crippen molar-refractivity contribution in [3.63, 3.8) is 0 Å². The SMILES string of the molecule is Cc1ccc(C)c(C=Cc2onc(C)c2S(=O)(=O)N2CCCC(C(=O)Nc3ccc(Cl)cc3)C2)c1. The van der Waals surface area contributed by atoms with Gasteiger partial charge in [0, 0.05) is 23.8 Å². The molecule has 1 saturated heterocycles. The summed E-state index contributed by atoms with van der Waals surface area (Å²) in [6.07, 6.45) is 4.66. The summed E-state index contributed by atoms with van der Waals surface area (Å²) in [7, 11) is -3.92. The number of carbonyl (C=O) groups excluding carboxylic acids is 1. The molecule has 1 atom stereocenters.